The van der Waals surface area contributed by atoms with E-state index >= 15 is 0 Å². The highest BCUT2D eigenvalue weighted by molar-refractivity contribution is 5.84. The van der Waals surface area contributed by atoms with Gasteiger partial charge in [0.05, 0.1) is 0 Å². The van der Waals surface area contributed by atoms with Crippen LogP contribution in [0.1, 0.15) is 19.4 Å². The van der Waals surface area contributed by atoms with Crippen molar-refractivity contribution in [2.24, 2.45) is 0 Å². The lowest BCUT2D eigenvalue weighted by atomic mass is 10.1. The Labute approximate surface area is 170 Å². The summed E-state index contributed by atoms with van der Waals surface area (Å²) in [6.07, 6.45) is 0. The van der Waals surface area contributed by atoms with Crippen molar-refractivity contribution in [1.82, 2.24) is 4.90 Å². The van der Waals surface area contributed by atoms with E-state index in [1.54, 1.807) is 7.05 Å². The number of carbonyl (C=O) groups excluding carboxylic acids is 2. The molecule has 0 aromatic heterocycles. The number of carbonyl (C=O) groups is 2. The number of benzene rings is 2. The Kier molecular flexibility index (Phi) is 7.20. The van der Waals surface area contributed by atoms with Crippen molar-refractivity contribution in [3.8, 4) is 5.75 Å². The van der Waals surface area contributed by atoms with E-state index in [-0.39, 0.29) is 12.5 Å². The van der Waals surface area contributed by atoms with E-state index in [2.05, 4.69) is 0 Å². The molecule has 0 aliphatic heterocycles. The molecule has 0 spiro atoms. The van der Waals surface area contributed by atoms with Crippen LogP contribution in [0.3, 0.4) is 0 Å². The van der Waals surface area contributed by atoms with Gasteiger partial charge >= 0.3 is 5.97 Å². The highest BCUT2D eigenvalue weighted by Gasteiger charge is 2.32. The van der Waals surface area contributed by atoms with Gasteiger partial charge in [-0.25, -0.2) is 9.18 Å². The van der Waals surface area contributed by atoms with E-state index in [1.807, 2.05) is 43.3 Å². The predicted molar refractivity (Wildman–Crippen MR) is 109 cm³/mol. The fourth-order valence-electron chi connectivity index (χ4n) is 2.51. The zero-order valence-corrected chi connectivity index (χ0v) is 17.4. The number of ether oxygens (including phenoxy) is 2. The molecule has 0 saturated heterocycles. The van der Waals surface area contributed by atoms with Crippen molar-refractivity contribution in [2.45, 2.75) is 26.0 Å². The van der Waals surface area contributed by atoms with Crippen LogP contribution in [0, 0.1) is 5.82 Å². The second-order valence-corrected chi connectivity index (χ2v) is 7.45. The van der Waals surface area contributed by atoms with E-state index < -0.39 is 17.4 Å². The Balaban J connectivity index is 1.86. The number of amides is 1. The minimum Gasteiger partial charge on any atom is -0.476 e. The first kappa shape index (κ1) is 22.2. The molecular formula is C22H27FN2O4. The minimum absolute atomic E-state index is 0.326. The summed E-state index contributed by atoms with van der Waals surface area (Å²) in [6.45, 7) is 3.07. The fourth-order valence-corrected chi connectivity index (χ4v) is 2.51. The third-order valence-electron chi connectivity index (χ3n) is 4.30. The SMILES string of the molecule is CN(Cc1ccc(N(C)C)cc1)C(=O)COC(=O)C(C)(C)Oc1ccc(F)cc1. The van der Waals surface area contributed by atoms with Gasteiger partial charge in [-0.2, -0.15) is 0 Å². The Morgan fingerprint density at radius 3 is 2.10 bits per heavy atom. The summed E-state index contributed by atoms with van der Waals surface area (Å²) in [7, 11) is 5.57. The molecule has 0 saturated carbocycles. The number of hydrogen-bond donors (Lipinski definition) is 0. The van der Waals surface area contributed by atoms with Gasteiger partial charge in [0.15, 0.2) is 12.2 Å². The topological polar surface area (TPSA) is 59.1 Å². The van der Waals surface area contributed by atoms with Crippen LogP contribution in [-0.2, 0) is 20.9 Å². The van der Waals surface area contributed by atoms with Crippen molar-refractivity contribution < 1.29 is 23.5 Å². The Hall–Kier alpha value is -3.09. The average Bonchev–Trinajstić information content (AvgIpc) is 2.67. The van der Waals surface area contributed by atoms with Crippen molar-refractivity contribution >= 4 is 17.6 Å². The van der Waals surface area contributed by atoms with Crippen molar-refractivity contribution in [1.29, 1.82) is 0 Å². The molecule has 156 valence electrons. The maximum Gasteiger partial charge on any atom is 0.350 e. The van der Waals surface area contributed by atoms with Gasteiger partial charge in [0.25, 0.3) is 5.91 Å². The monoisotopic (exact) mass is 402 g/mol. The number of likely N-dealkylation sites (N-methyl/N-ethyl adjacent to an activating group) is 1. The number of esters is 1. The predicted octanol–water partition coefficient (Wildman–Crippen LogP) is 3.25. The lowest BCUT2D eigenvalue weighted by Gasteiger charge is -2.25. The van der Waals surface area contributed by atoms with Crippen molar-refractivity contribution in [3.63, 3.8) is 0 Å². The number of halogens is 1. The molecule has 6 nitrogen and oxygen atoms in total. The molecule has 0 bridgehead atoms. The molecule has 1 amide bonds. The van der Waals surface area contributed by atoms with Crippen LogP contribution < -0.4 is 9.64 Å². The first-order valence-corrected chi connectivity index (χ1v) is 9.20. The summed E-state index contributed by atoms with van der Waals surface area (Å²) in [5.74, 6) is -1.08. The number of rotatable bonds is 8. The summed E-state index contributed by atoms with van der Waals surface area (Å²) in [5, 5.41) is 0. The van der Waals surface area contributed by atoms with E-state index in [9.17, 15) is 14.0 Å². The summed E-state index contributed by atoms with van der Waals surface area (Å²) >= 11 is 0. The van der Waals surface area contributed by atoms with Crippen LogP contribution >= 0.6 is 0 Å². The van der Waals surface area contributed by atoms with Gasteiger partial charge in [0.2, 0.25) is 0 Å². The summed E-state index contributed by atoms with van der Waals surface area (Å²) in [4.78, 5) is 28.1. The number of anilines is 1. The maximum atomic E-state index is 13.0. The summed E-state index contributed by atoms with van der Waals surface area (Å²) in [6, 6.07) is 13.2. The zero-order chi connectivity index (χ0) is 21.6. The normalized spacial score (nSPS) is 11.0. The standard InChI is InChI=1S/C22H27FN2O4/c1-22(2,29-19-12-8-17(23)9-13-19)21(27)28-15-20(26)25(5)14-16-6-10-18(11-7-16)24(3)4/h6-13H,14-15H2,1-5H3. The van der Waals surface area contributed by atoms with Crippen molar-refractivity contribution in [3.05, 3.63) is 59.9 Å². The smallest absolute Gasteiger partial charge is 0.350 e. The van der Waals surface area contributed by atoms with Crippen LogP contribution in [0.25, 0.3) is 0 Å². The third kappa shape index (κ3) is 6.48. The van der Waals surface area contributed by atoms with E-state index in [4.69, 9.17) is 9.47 Å². The largest absolute Gasteiger partial charge is 0.476 e. The Morgan fingerprint density at radius 2 is 1.55 bits per heavy atom. The summed E-state index contributed by atoms with van der Waals surface area (Å²) < 4.78 is 23.7. The van der Waals surface area contributed by atoms with E-state index in [1.165, 1.54) is 43.0 Å². The summed E-state index contributed by atoms with van der Waals surface area (Å²) in [5.41, 5.74) is 0.719. The van der Waals surface area contributed by atoms with Gasteiger partial charge < -0.3 is 19.3 Å². The van der Waals surface area contributed by atoms with E-state index in [0.717, 1.165) is 11.3 Å². The molecule has 0 radical (unpaired) electrons. The molecule has 0 heterocycles. The molecule has 0 N–H and O–H groups in total. The van der Waals surface area contributed by atoms with E-state index in [0.29, 0.717) is 12.3 Å². The second kappa shape index (κ2) is 9.41. The van der Waals surface area contributed by atoms with Gasteiger partial charge in [-0.05, 0) is 55.8 Å². The van der Waals surface area contributed by atoms with Crippen LogP contribution in [0.5, 0.6) is 5.75 Å². The second-order valence-electron chi connectivity index (χ2n) is 7.45. The van der Waals surface area contributed by atoms with Crippen molar-refractivity contribution in [2.75, 3.05) is 32.6 Å². The van der Waals surface area contributed by atoms with Crippen LogP contribution in [0.2, 0.25) is 0 Å². The number of nitrogens with zero attached hydrogens (tertiary/aromatic N) is 2. The average molecular weight is 402 g/mol. The molecule has 0 atom stereocenters. The lowest BCUT2D eigenvalue weighted by molar-refractivity contribution is -0.163. The number of hydrogen-bond acceptors (Lipinski definition) is 5. The van der Waals surface area contributed by atoms with Gasteiger partial charge in [0.1, 0.15) is 11.6 Å². The molecule has 29 heavy (non-hydrogen) atoms. The quantitative estimate of drug-likeness (QED) is 0.635. The van der Waals surface area contributed by atoms with Crippen LogP contribution in [-0.4, -0.2) is 50.1 Å². The zero-order valence-electron chi connectivity index (χ0n) is 17.4. The van der Waals surface area contributed by atoms with Gasteiger partial charge in [-0.3, -0.25) is 4.79 Å². The van der Waals surface area contributed by atoms with Crippen LogP contribution in [0.15, 0.2) is 48.5 Å². The molecule has 0 aliphatic rings. The third-order valence-corrected chi connectivity index (χ3v) is 4.30. The maximum absolute atomic E-state index is 13.0. The van der Waals surface area contributed by atoms with Gasteiger partial charge in [0, 0.05) is 33.4 Å². The molecular weight excluding hydrogens is 375 g/mol. The molecule has 2 aromatic rings. The van der Waals surface area contributed by atoms with Gasteiger partial charge in [-0.1, -0.05) is 12.1 Å². The highest BCUT2D eigenvalue weighted by Crippen LogP contribution is 2.20. The lowest BCUT2D eigenvalue weighted by Crippen LogP contribution is -2.41. The first-order valence-electron chi connectivity index (χ1n) is 9.20. The Morgan fingerprint density at radius 1 is 0.966 bits per heavy atom. The first-order chi connectivity index (χ1) is 13.6. The fraction of sp³-hybridized carbons (Fsp3) is 0.364. The molecule has 2 rings (SSSR count). The minimum atomic E-state index is -1.32. The molecule has 0 fully saturated rings. The Bertz CT molecular complexity index is 833. The molecule has 2 aromatic carbocycles. The van der Waals surface area contributed by atoms with Crippen LogP contribution in [0.4, 0.5) is 10.1 Å². The highest BCUT2D eigenvalue weighted by atomic mass is 19.1. The molecule has 7 heteroatoms. The molecule has 0 aliphatic carbocycles. The van der Waals surface area contributed by atoms with Gasteiger partial charge in [-0.15, -0.1) is 0 Å². The molecule has 0 unspecified atom stereocenters.